The number of hydrogen-bond donors (Lipinski definition) is 1. The molecule has 1 heterocycles. The third-order valence-corrected chi connectivity index (χ3v) is 5.70. The molecule has 0 aromatic heterocycles. The third kappa shape index (κ3) is 4.63. The summed E-state index contributed by atoms with van der Waals surface area (Å²) in [6.45, 7) is 4.29. The van der Waals surface area contributed by atoms with Crippen molar-refractivity contribution in [3.05, 3.63) is 83.7 Å². The summed E-state index contributed by atoms with van der Waals surface area (Å²) in [6, 6.07) is 20.4. The Hall–Kier alpha value is -2.76. The number of piperazine rings is 1. The Morgan fingerprint density at radius 1 is 0.966 bits per heavy atom. The van der Waals surface area contributed by atoms with Crippen molar-refractivity contribution < 1.29 is 9.18 Å². The molecule has 0 bridgehead atoms. The van der Waals surface area contributed by atoms with Gasteiger partial charge in [-0.05, 0) is 47.6 Å². The lowest BCUT2D eigenvalue weighted by atomic mass is 10.0. The molecule has 1 amide bonds. The number of hydrogen-bond acceptors (Lipinski definition) is 3. The largest absolute Gasteiger partial charge is 0.350 e. The molecule has 5 heteroatoms. The van der Waals surface area contributed by atoms with E-state index < -0.39 is 0 Å². The highest BCUT2D eigenvalue weighted by atomic mass is 19.1. The van der Waals surface area contributed by atoms with Gasteiger partial charge in [0.1, 0.15) is 5.82 Å². The van der Waals surface area contributed by atoms with E-state index in [-0.39, 0.29) is 17.8 Å². The highest BCUT2D eigenvalue weighted by Gasteiger charge is 2.24. The van der Waals surface area contributed by atoms with Crippen molar-refractivity contribution in [1.82, 2.24) is 15.1 Å². The van der Waals surface area contributed by atoms with E-state index in [2.05, 4.69) is 22.2 Å². The van der Waals surface area contributed by atoms with E-state index in [1.165, 1.54) is 12.1 Å². The molecule has 150 valence electrons. The van der Waals surface area contributed by atoms with Gasteiger partial charge in [-0.1, -0.05) is 42.5 Å². The van der Waals surface area contributed by atoms with Crippen molar-refractivity contribution in [2.24, 2.45) is 0 Å². The van der Waals surface area contributed by atoms with Crippen molar-refractivity contribution >= 4 is 16.7 Å². The first kappa shape index (κ1) is 19.6. The minimum absolute atomic E-state index is 0.0220. The quantitative estimate of drug-likeness (QED) is 0.720. The van der Waals surface area contributed by atoms with Crippen molar-refractivity contribution in [2.75, 3.05) is 39.8 Å². The summed E-state index contributed by atoms with van der Waals surface area (Å²) in [4.78, 5) is 17.5. The number of nitrogens with zero attached hydrogens (tertiary/aromatic N) is 2. The molecule has 1 saturated heterocycles. The minimum Gasteiger partial charge on any atom is -0.350 e. The summed E-state index contributed by atoms with van der Waals surface area (Å²) >= 11 is 0. The van der Waals surface area contributed by atoms with E-state index in [1.807, 2.05) is 54.6 Å². The number of rotatable bonds is 5. The van der Waals surface area contributed by atoms with E-state index >= 15 is 0 Å². The van der Waals surface area contributed by atoms with Crippen LogP contribution < -0.4 is 5.32 Å². The van der Waals surface area contributed by atoms with Gasteiger partial charge in [-0.3, -0.25) is 9.69 Å². The van der Waals surface area contributed by atoms with Gasteiger partial charge in [-0.15, -0.1) is 0 Å². The van der Waals surface area contributed by atoms with Gasteiger partial charge in [0.25, 0.3) is 5.91 Å². The maximum Gasteiger partial charge on any atom is 0.251 e. The molecule has 29 heavy (non-hydrogen) atoms. The Kier molecular flexibility index (Phi) is 5.88. The van der Waals surface area contributed by atoms with Crippen LogP contribution in [0.5, 0.6) is 0 Å². The van der Waals surface area contributed by atoms with Gasteiger partial charge < -0.3 is 10.2 Å². The van der Waals surface area contributed by atoms with Gasteiger partial charge in [0.2, 0.25) is 0 Å². The van der Waals surface area contributed by atoms with Crippen LogP contribution in [0.1, 0.15) is 22.0 Å². The van der Waals surface area contributed by atoms with Crippen LogP contribution in [0.15, 0.2) is 66.7 Å². The fraction of sp³-hybridized carbons (Fsp3) is 0.292. The highest BCUT2D eigenvalue weighted by molar-refractivity contribution is 5.98. The standard InChI is InChI=1S/C24H26FN3O/c1-27-12-14-28(15-13-27)23(19-8-10-22(25)11-9-19)17-26-24(29)21-7-6-18-4-2-3-5-20(18)16-21/h2-11,16,23H,12-15,17H2,1H3,(H,26,29)/t23-/m1/s1. The topological polar surface area (TPSA) is 35.6 Å². The molecule has 0 aliphatic carbocycles. The summed E-state index contributed by atoms with van der Waals surface area (Å²) in [7, 11) is 2.12. The lowest BCUT2D eigenvalue weighted by Crippen LogP contribution is -2.48. The number of halogens is 1. The molecule has 3 aromatic rings. The maximum absolute atomic E-state index is 13.4. The second kappa shape index (κ2) is 8.72. The first-order valence-electron chi connectivity index (χ1n) is 10.1. The minimum atomic E-state index is -0.244. The average molecular weight is 391 g/mol. The van der Waals surface area contributed by atoms with Crippen molar-refractivity contribution in [2.45, 2.75) is 6.04 Å². The first-order chi connectivity index (χ1) is 14.1. The molecule has 4 rings (SSSR count). The molecular weight excluding hydrogens is 365 g/mol. The van der Waals surface area contributed by atoms with Crippen LogP contribution >= 0.6 is 0 Å². The Bertz CT molecular complexity index is 981. The monoisotopic (exact) mass is 391 g/mol. The molecule has 1 atom stereocenters. The first-order valence-corrected chi connectivity index (χ1v) is 10.1. The Labute approximate surface area is 170 Å². The van der Waals surface area contributed by atoms with E-state index in [9.17, 15) is 9.18 Å². The molecule has 0 spiro atoms. The number of fused-ring (bicyclic) bond motifs is 1. The zero-order valence-electron chi connectivity index (χ0n) is 16.6. The van der Waals surface area contributed by atoms with Gasteiger partial charge >= 0.3 is 0 Å². The fourth-order valence-electron chi connectivity index (χ4n) is 3.90. The maximum atomic E-state index is 13.4. The highest BCUT2D eigenvalue weighted by Crippen LogP contribution is 2.22. The van der Waals surface area contributed by atoms with Gasteiger partial charge in [-0.25, -0.2) is 4.39 Å². The zero-order chi connectivity index (χ0) is 20.2. The number of nitrogens with one attached hydrogen (secondary N) is 1. The summed E-state index contributed by atoms with van der Waals surface area (Å²) < 4.78 is 13.4. The van der Waals surface area contributed by atoms with Crippen LogP contribution in [-0.2, 0) is 0 Å². The summed E-state index contributed by atoms with van der Waals surface area (Å²) in [5.74, 6) is -0.330. The molecule has 1 fully saturated rings. The average Bonchev–Trinajstić information content (AvgIpc) is 2.75. The van der Waals surface area contributed by atoms with Crippen LogP contribution in [0.4, 0.5) is 4.39 Å². The number of likely N-dealkylation sites (N-methyl/N-ethyl adjacent to an activating group) is 1. The Balaban J connectivity index is 1.50. The molecule has 3 aromatic carbocycles. The van der Waals surface area contributed by atoms with Crippen molar-refractivity contribution in [3.63, 3.8) is 0 Å². The lowest BCUT2D eigenvalue weighted by molar-refractivity contribution is 0.0886. The summed E-state index contributed by atoms with van der Waals surface area (Å²) in [6.07, 6.45) is 0. The van der Waals surface area contributed by atoms with Crippen LogP contribution in [0.2, 0.25) is 0 Å². The predicted molar refractivity (Wildman–Crippen MR) is 114 cm³/mol. The zero-order valence-corrected chi connectivity index (χ0v) is 16.6. The molecule has 4 nitrogen and oxygen atoms in total. The smallest absolute Gasteiger partial charge is 0.251 e. The molecule has 0 saturated carbocycles. The molecular formula is C24H26FN3O. The second-order valence-corrected chi connectivity index (χ2v) is 7.68. The van der Waals surface area contributed by atoms with Gasteiger partial charge in [-0.2, -0.15) is 0 Å². The van der Waals surface area contributed by atoms with Crippen LogP contribution in [0.25, 0.3) is 10.8 Å². The SMILES string of the molecule is CN1CCN([C@H](CNC(=O)c2ccc3ccccc3c2)c2ccc(F)cc2)CC1. The number of carbonyl (C=O) groups is 1. The summed E-state index contributed by atoms with van der Waals surface area (Å²) in [5, 5.41) is 5.26. The van der Waals surface area contributed by atoms with Gasteiger partial charge in [0.05, 0.1) is 6.04 Å². The van der Waals surface area contributed by atoms with Crippen molar-refractivity contribution in [1.29, 1.82) is 0 Å². The van der Waals surface area contributed by atoms with Crippen LogP contribution in [0, 0.1) is 5.82 Å². The molecule has 0 unspecified atom stereocenters. The van der Waals surface area contributed by atoms with E-state index in [1.54, 1.807) is 0 Å². The predicted octanol–water partition coefficient (Wildman–Crippen LogP) is 3.70. The molecule has 1 aliphatic heterocycles. The molecule has 1 N–H and O–H groups in total. The Morgan fingerprint density at radius 2 is 1.66 bits per heavy atom. The lowest BCUT2D eigenvalue weighted by Gasteiger charge is -2.38. The van der Waals surface area contributed by atoms with Crippen molar-refractivity contribution in [3.8, 4) is 0 Å². The fourth-order valence-corrected chi connectivity index (χ4v) is 3.90. The molecule has 1 aliphatic rings. The number of amides is 1. The number of benzene rings is 3. The summed E-state index contributed by atoms with van der Waals surface area (Å²) in [5.41, 5.74) is 1.68. The normalized spacial score (nSPS) is 16.6. The van der Waals surface area contributed by atoms with E-state index in [4.69, 9.17) is 0 Å². The second-order valence-electron chi connectivity index (χ2n) is 7.68. The van der Waals surface area contributed by atoms with Crippen LogP contribution in [-0.4, -0.2) is 55.5 Å². The third-order valence-electron chi connectivity index (χ3n) is 5.70. The van der Waals surface area contributed by atoms with Gasteiger partial charge in [0, 0.05) is 38.3 Å². The van der Waals surface area contributed by atoms with E-state index in [0.717, 1.165) is 42.5 Å². The molecule has 0 radical (unpaired) electrons. The van der Waals surface area contributed by atoms with Crippen LogP contribution in [0.3, 0.4) is 0 Å². The van der Waals surface area contributed by atoms with E-state index in [0.29, 0.717) is 12.1 Å². The number of carbonyl (C=O) groups excluding carboxylic acids is 1. The Morgan fingerprint density at radius 3 is 2.38 bits per heavy atom. The van der Waals surface area contributed by atoms with Gasteiger partial charge in [0.15, 0.2) is 0 Å².